The van der Waals surface area contributed by atoms with Gasteiger partial charge in [-0.15, -0.1) is 0 Å². The zero-order valence-corrected chi connectivity index (χ0v) is 25.1. The highest BCUT2D eigenvalue weighted by Gasteiger charge is 2.33. The summed E-state index contributed by atoms with van der Waals surface area (Å²) in [5.41, 5.74) is 1.59. The number of amides is 2. The monoisotopic (exact) mass is 619 g/mol. The number of rotatable bonds is 10. The molecule has 1 saturated carbocycles. The van der Waals surface area contributed by atoms with Crippen molar-refractivity contribution in [3.05, 3.63) is 93.7 Å². The van der Waals surface area contributed by atoms with Crippen LogP contribution < -0.4 is 9.62 Å². The van der Waals surface area contributed by atoms with Gasteiger partial charge in [0.2, 0.25) is 11.8 Å². The second kappa shape index (κ2) is 13.2. The van der Waals surface area contributed by atoms with Crippen molar-refractivity contribution in [3.8, 4) is 0 Å². The molecule has 0 aliphatic heterocycles. The minimum atomic E-state index is -4.24. The molecule has 1 fully saturated rings. The van der Waals surface area contributed by atoms with Gasteiger partial charge in [-0.25, -0.2) is 12.8 Å². The number of carbonyl (C=O) groups excluding carboxylic acids is 2. The van der Waals surface area contributed by atoms with Crippen molar-refractivity contribution < 1.29 is 22.4 Å². The predicted molar refractivity (Wildman–Crippen MR) is 159 cm³/mol. The van der Waals surface area contributed by atoms with Gasteiger partial charge in [0.1, 0.15) is 18.4 Å². The maximum absolute atomic E-state index is 14.0. The quantitative estimate of drug-likeness (QED) is 0.296. The first-order valence-corrected chi connectivity index (χ1v) is 15.5. The number of aryl methyl sites for hydroxylation is 1. The molecule has 1 aliphatic rings. The summed E-state index contributed by atoms with van der Waals surface area (Å²) < 4.78 is 42.3. The van der Waals surface area contributed by atoms with Crippen LogP contribution in [0.2, 0.25) is 10.0 Å². The standard InChI is InChI=1S/C30H32Cl2FN3O4S/c1-20-7-14-26(15-8-20)41(39,40)36(25-13-16-27(31)28(32)17-25)19-29(37)35(18-22-9-11-23(33)12-10-22)21(2)30(38)34-24-5-3-4-6-24/h7-17,21,24H,3-6,18-19H2,1-2H3,(H,34,38)/t21-/m1/s1. The third kappa shape index (κ3) is 7.58. The van der Waals surface area contributed by atoms with Gasteiger partial charge in [-0.2, -0.15) is 0 Å². The molecule has 7 nitrogen and oxygen atoms in total. The Morgan fingerprint density at radius 1 is 0.976 bits per heavy atom. The fourth-order valence-corrected chi connectivity index (χ4v) is 6.47. The van der Waals surface area contributed by atoms with E-state index in [1.54, 1.807) is 19.1 Å². The maximum atomic E-state index is 14.0. The molecule has 0 radical (unpaired) electrons. The minimum absolute atomic E-state index is 0.0147. The van der Waals surface area contributed by atoms with Gasteiger partial charge in [0.05, 0.1) is 20.6 Å². The topological polar surface area (TPSA) is 86.8 Å². The van der Waals surface area contributed by atoms with Crippen LogP contribution >= 0.6 is 23.2 Å². The molecule has 0 bridgehead atoms. The molecule has 2 amide bonds. The zero-order valence-electron chi connectivity index (χ0n) is 22.8. The number of benzene rings is 3. The predicted octanol–water partition coefficient (Wildman–Crippen LogP) is 6.11. The summed E-state index contributed by atoms with van der Waals surface area (Å²) in [6.45, 7) is 2.79. The van der Waals surface area contributed by atoms with Crippen molar-refractivity contribution in [1.29, 1.82) is 0 Å². The van der Waals surface area contributed by atoms with Crippen molar-refractivity contribution >= 4 is 50.7 Å². The summed E-state index contributed by atoms with van der Waals surface area (Å²) in [5.74, 6) is -1.39. The van der Waals surface area contributed by atoms with E-state index >= 15 is 0 Å². The molecule has 4 rings (SSSR count). The van der Waals surface area contributed by atoms with Gasteiger partial charge in [0.15, 0.2) is 0 Å². The number of anilines is 1. The highest BCUT2D eigenvalue weighted by molar-refractivity contribution is 7.92. The third-order valence-corrected chi connectivity index (χ3v) is 9.74. The van der Waals surface area contributed by atoms with Crippen LogP contribution in [-0.2, 0) is 26.2 Å². The van der Waals surface area contributed by atoms with E-state index in [1.165, 1.54) is 59.5 Å². The normalized spacial score (nSPS) is 14.5. The molecular formula is C30H32Cl2FN3O4S. The van der Waals surface area contributed by atoms with E-state index in [0.29, 0.717) is 5.56 Å². The Morgan fingerprint density at radius 2 is 1.61 bits per heavy atom. The van der Waals surface area contributed by atoms with Gasteiger partial charge in [0.25, 0.3) is 10.0 Å². The van der Waals surface area contributed by atoms with Gasteiger partial charge in [-0.05, 0) is 74.7 Å². The highest BCUT2D eigenvalue weighted by Crippen LogP contribution is 2.31. The van der Waals surface area contributed by atoms with Crippen LogP contribution in [0.25, 0.3) is 0 Å². The first kappa shape index (κ1) is 30.8. The van der Waals surface area contributed by atoms with E-state index in [2.05, 4.69) is 5.32 Å². The average molecular weight is 621 g/mol. The summed E-state index contributed by atoms with van der Waals surface area (Å²) in [6, 6.07) is 15.3. The summed E-state index contributed by atoms with van der Waals surface area (Å²) >= 11 is 12.3. The summed E-state index contributed by atoms with van der Waals surface area (Å²) in [7, 11) is -4.24. The molecular weight excluding hydrogens is 588 g/mol. The van der Waals surface area contributed by atoms with Crippen LogP contribution in [0.4, 0.5) is 10.1 Å². The number of hydrogen-bond donors (Lipinski definition) is 1. The largest absolute Gasteiger partial charge is 0.352 e. The summed E-state index contributed by atoms with van der Waals surface area (Å²) in [6.07, 6.45) is 3.77. The molecule has 3 aromatic carbocycles. The number of halogens is 3. The first-order chi connectivity index (χ1) is 19.5. The Labute approximate surface area is 250 Å². The van der Waals surface area contributed by atoms with Crippen LogP contribution in [0.1, 0.15) is 43.7 Å². The van der Waals surface area contributed by atoms with Crippen molar-refractivity contribution in [1.82, 2.24) is 10.2 Å². The fraction of sp³-hybridized carbons (Fsp3) is 0.333. The molecule has 0 spiro atoms. The molecule has 0 saturated heterocycles. The second-order valence-corrected chi connectivity index (χ2v) is 12.9. The lowest BCUT2D eigenvalue weighted by atomic mass is 10.1. The lowest BCUT2D eigenvalue weighted by molar-refractivity contribution is -0.139. The number of nitrogens with zero attached hydrogens (tertiary/aromatic N) is 2. The number of nitrogens with one attached hydrogen (secondary N) is 1. The van der Waals surface area contributed by atoms with E-state index in [-0.39, 0.29) is 39.1 Å². The van der Waals surface area contributed by atoms with E-state index < -0.39 is 34.3 Å². The molecule has 1 aliphatic carbocycles. The van der Waals surface area contributed by atoms with Crippen molar-refractivity contribution in [3.63, 3.8) is 0 Å². The number of hydrogen-bond acceptors (Lipinski definition) is 4. The van der Waals surface area contributed by atoms with E-state index in [1.807, 2.05) is 6.92 Å². The molecule has 3 aromatic rings. The Bertz CT molecular complexity index is 1500. The van der Waals surface area contributed by atoms with Crippen LogP contribution in [0.5, 0.6) is 0 Å². The van der Waals surface area contributed by atoms with Gasteiger partial charge < -0.3 is 10.2 Å². The van der Waals surface area contributed by atoms with Crippen LogP contribution in [-0.4, -0.2) is 43.8 Å². The molecule has 1 atom stereocenters. The molecule has 41 heavy (non-hydrogen) atoms. The molecule has 0 unspecified atom stereocenters. The zero-order chi connectivity index (χ0) is 29.7. The molecule has 218 valence electrons. The Morgan fingerprint density at radius 3 is 2.22 bits per heavy atom. The fourth-order valence-electron chi connectivity index (χ4n) is 4.77. The van der Waals surface area contributed by atoms with Crippen LogP contribution in [0.15, 0.2) is 71.6 Å². The molecule has 0 heterocycles. The van der Waals surface area contributed by atoms with Gasteiger partial charge in [-0.1, -0.05) is 65.9 Å². The Kier molecular flexibility index (Phi) is 9.94. The molecule has 0 aromatic heterocycles. The molecule has 11 heteroatoms. The van der Waals surface area contributed by atoms with Crippen molar-refractivity contribution in [2.45, 2.75) is 63.1 Å². The van der Waals surface area contributed by atoms with E-state index in [0.717, 1.165) is 35.6 Å². The number of carbonyl (C=O) groups is 2. The highest BCUT2D eigenvalue weighted by atomic mass is 35.5. The van der Waals surface area contributed by atoms with Crippen LogP contribution in [0, 0.1) is 12.7 Å². The van der Waals surface area contributed by atoms with Crippen molar-refractivity contribution in [2.75, 3.05) is 10.8 Å². The van der Waals surface area contributed by atoms with Crippen LogP contribution in [0.3, 0.4) is 0 Å². The van der Waals surface area contributed by atoms with Gasteiger partial charge in [-0.3, -0.25) is 13.9 Å². The van der Waals surface area contributed by atoms with E-state index in [9.17, 15) is 22.4 Å². The molecule has 1 N–H and O–H groups in total. The smallest absolute Gasteiger partial charge is 0.264 e. The summed E-state index contributed by atoms with van der Waals surface area (Å²) in [5, 5.41) is 3.36. The SMILES string of the molecule is Cc1ccc(S(=O)(=O)N(CC(=O)N(Cc2ccc(F)cc2)[C@H](C)C(=O)NC2CCCC2)c2ccc(Cl)c(Cl)c2)cc1. The lowest BCUT2D eigenvalue weighted by Crippen LogP contribution is -2.52. The first-order valence-electron chi connectivity index (χ1n) is 13.3. The third-order valence-electron chi connectivity index (χ3n) is 7.21. The van der Waals surface area contributed by atoms with Crippen molar-refractivity contribution in [2.24, 2.45) is 0 Å². The Balaban J connectivity index is 1.70. The minimum Gasteiger partial charge on any atom is -0.352 e. The average Bonchev–Trinajstić information content (AvgIpc) is 3.45. The van der Waals surface area contributed by atoms with E-state index in [4.69, 9.17) is 23.2 Å². The lowest BCUT2D eigenvalue weighted by Gasteiger charge is -2.32. The summed E-state index contributed by atoms with van der Waals surface area (Å²) in [4.78, 5) is 28.5. The Hall–Kier alpha value is -3.14. The van der Waals surface area contributed by atoms with Gasteiger partial charge >= 0.3 is 0 Å². The second-order valence-electron chi connectivity index (χ2n) is 10.2. The maximum Gasteiger partial charge on any atom is 0.264 e. The van der Waals surface area contributed by atoms with Gasteiger partial charge in [0, 0.05) is 12.6 Å². The number of sulfonamides is 1.